The van der Waals surface area contributed by atoms with Crippen molar-refractivity contribution in [2.45, 2.75) is 82.8 Å². The molecular weight excluding hydrogens is 198 g/mol. The Hall–Kier alpha value is -0.0800. The SMILES string of the molecule is CCCCCCC(N)C1(OC)CCCCC1. The summed E-state index contributed by atoms with van der Waals surface area (Å²) in [6.45, 7) is 2.25. The van der Waals surface area contributed by atoms with E-state index in [9.17, 15) is 0 Å². The van der Waals surface area contributed by atoms with Crippen LogP contribution < -0.4 is 5.73 Å². The average molecular weight is 227 g/mol. The third-order valence-electron chi connectivity index (χ3n) is 4.15. The molecule has 0 spiro atoms. The first kappa shape index (κ1) is 14.0. The molecule has 1 rings (SSSR count). The van der Waals surface area contributed by atoms with Gasteiger partial charge in [-0.15, -0.1) is 0 Å². The molecule has 1 atom stereocenters. The van der Waals surface area contributed by atoms with Crippen LogP contribution in [0, 0.1) is 0 Å². The number of ether oxygens (including phenoxy) is 1. The first-order valence-electron chi connectivity index (χ1n) is 7.06. The summed E-state index contributed by atoms with van der Waals surface area (Å²) in [5.41, 5.74) is 6.36. The van der Waals surface area contributed by atoms with Gasteiger partial charge in [-0.2, -0.15) is 0 Å². The van der Waals surface area contributed by atoms with Gasteiger partial charge in [0.25, 0.3) is 0 Å². The van der Waals surface area contributed by atoms with Crippen LogP contribution in [0.1, 0.15) is 71.1 Å². The minimum atomic E-state index is 0.00443. The fraction of sp³-hybridized carbons (Fsp3) is 1.00. The van der Waals surface area contributed by atoms with E-state index in [1.165, 1.54) is 57.8 Å². The van der Waals surface area contributed by atoms with E-state index >= 15 is 0 Å². The fourth-order valence-corrected chi connectivity index (χ4v) is 2.93. The van der Waals surface area contributed by atoms with Crippen LogP contribution in [0.15, 0.2) is 0 Å². The Balaban J connectivity index is 2.33. The van der Waals surface area contributed by atoms with Gasteiger partial charge in [-0.05, 0) is 19.3 Å². The highest BCUT2D eigenvalue weighted by molar-refractivity contribution is 4.93. The zero-order valence-corrected chi connectivity index (χ0v) is 11.1. The normalized spacial score (nSPS) is 21.9. The van der Waals surface area contributed by atoms with Crippen molar-refractivity contribution in [2.24, 2.45) is 5.73 Å². The highest BCUT2D eigenvalue weighted by Crippen LogP contribution is 2.34. The second-order valence-corrected chi connectivity index (χ2v) is 5.29. The highest BCUT2D eigenvalue weighted by Gasteiger charge is 2.37. The van der Waals surface area contributed by atoms with Gasteiger partial charge in [0.05, 0.1) is 5.60 Å². The lowest BCUT2D eigenvalue weighted by Crippen LogP contribution is -2.50. The van der Waals surface area contributed by atoms with Gasteiger partial charge in [0.2, 0.25) is 0 Å². The van der Waals surface area contributed by atoms with Crippen LogP contribution >= 0.6 is 0 Å². The van der Waals surface area contributed by atoms with Crippen LogP contribution in [0.2, 0.25) is 0 Å². The maximum atomic E-state index is 6.35. The molecule has 1 unspecified atom stereocenters. The first-order chi connectivity index (χ1) is 7.75. The number of nitrogens with two attached hydrogens (primary N) is 1. The molecule has 0 saturated heterocycles. The van der Waals surface area contributed by atoms with E-state index in [-0.39, 0.29) is 11.6 Å². The molecule has 0 bridgehead atoms. The summed E-state index contributed by atoms with van der Waals surface area (Å²) in [6, 6.07) is 0.245. The van der Waals surface area contributed by atoms with Crippen LogP contribution in [0.25, 0.3) is 0 Å². The Kier molecular flexibility index (Phi) is 6.37. The van der Waals surface area contributed by atoms with Gasteiger partial charge < -0.3 is 10.5 Å². The van der Waals surface area contributed by atoms with Gasteiger partial charge in [-0.1, -0.05) is 51.9 Å². The lowest BCUT2D eigenvalue weighted by atomic mass is 9.78. The number of hydrogen-bond acceptors (Lipinski definition) is 2. The largest absolute Gasteiger partial charge is 0.377 e. The standard InChI is InChI=1S/C14H29NO/c1-3-4-5-7-10-13(15)14(16-2)11-8-6-9-12-14/h13H,3-12,15H2,1-2H3. The second kappa shape index (κ2) is 7.29. The molecule has 16 heavy (non-hydrogen) atoms. The summed E-state index contributed by atoms with van der Waals surface area (Å²) in [4.78, 5) is 0. The van der Waals surface area contributed by atoms with Crippen LogP contribution in [0.3, 0.4) is 0 Å². The molecule has 1 fully saturated rings. The summed E-state index contributed by atoms with van der Waals surface area (Å²) in [5.74, 6) is 0. The summed E-state index contributed by atoms with van der Waals surface area (Å²) < 4.78 is 5.77. The van der Waals surface area contributed by atoms with E-state index in [0.29, 0.717) is 0 Å². The second-order valence-electron chi connectivity index (χ2n) is 5.29. The molecular formula is C14H29NO. The van der Waals surface area contributed by atoms with Crippen molar-refractivity contribution in [1.82, 2.24) is 0 Å². The monoisotopic (exact) mass is 227 g/mol. The van der Waals surface area contributed by atoms with Crippen molar-refractivity contribution in [3.05, 3.63) is 0 Å². The van der Waals surface area contributed by atoms with Crippen molar-refractivity contribution < 1.29 is 4.74 Å². The van der Waals surface area contributed by atoms with Gasteiger partial charge >= 0.3 is 0 Å². The smallest absolute Gasteiger partial charge is 0.0828 e. The van der Waals surface area contributed by atoms with E-state index < -0.39 is 0 Å². The molecule has 2 N–H and O–H groups in total. The molecule has 0 aromatic rings. The van der Waals surface area contributed by atoms with E-state index in [0.717, 1.165) is 6.42 Å². The minimum absolute atomic E-state index is 0.00443. The Morgan fingerprint density at radius 2 is 1.81 bits per heavy atom. The maximum Gasteiger partial charge on any atom is 0.0828 e. The van der Waals surface area contributed by atoms with Gasteiger partial charge in [-0.25, -0.2) is 0 Å². The average Bonchev–Trinajstić information content (AvgIpc) is 2.35. The summed E-state index contributed by atoms with van der Waals surface area (Å²) in [5, 5.41) is 0. The van der Waals surface area contributed by atoms with E-state index in [4.69, 9.17) is 10.5 Å². The zero-order chi connectivity index (χ0) is 11.9. The van der Waals surface area contributed by atoms with Gasteiger partial charge in [-0.3, -0.25) is 0 Å². The molecule has 1 saturated carbocycles. The molecule has 0 aliphatic heterocycles. The molecule has 0 aromatic carbocycles. The molecule has 0 aromatic heterocycles. The third kappa shape index (κ3) is 3.74. The summed E-state index contributed by atoms with van der Waals surface area (Å²) >= 11 is 0. The summed E-state index contributed by atoms with van der Waals surface area (Å²) in [6.07, 6.45) is 12.6. The Morgan fingerprint density at radius 1 is 1.12 bits per heavy atom. The molecule has 96 valence electrons. The Bertz CT molecular complexity index is 176. The van der Waals surface area contributed by atoms with Crippen molar-refractivity contribution in [3.8, 4) is 0 Å². The van der Waals surface area contributed by atoms with Crippen LogP contribution in [-0.4, -0.2) is 18.8 Å². The number of unbranched alkanes of at least 4 members (excludes halogenated alkanes) is 3. The van der Waals surface area contributed by atoms with Crippen LogP contribution in [0.4, 0.5) is 0 Å². The molecule has 0 heterocycles. The molecule has 2 heteroatoms. The lowest BCUT2D eigenvalue weighted by molar-refractivity contribution is -0.0605. The maximum absolute atomic E-state index is 6.35. The lowest BCUT2D eigenvalue weighted by Gasteiger charge is -2.41. The van der Waals surface area contributed by atoms with Gasteiger partial charge in [0, 0.05) is 13.2 Å². The number of methoxy groups -OCH3 is 1. The Morgan fingerprint density at radius 3 is 2.38 bits per heavy atom. The Labute approximate surface area is 101 Å². The van der Waals surface area contributed by atoms with E-state index in [1.807, 2.05) is 7.11 Å². The molecule has 2 nitrogen and oxygen atoms in total. The fourth-order valence-electron chi connectivity index (χ4n) is 2.93. The third-order valence-corrected chi connectivity index (χ3v) is 4.15. The number of hydrogen-bond donors (Lipinski definition) is 1. The van der Waals surface area contributed by atoms with Crippen molar-refractivity contribution in [3.63, 3.8) is 0 Å². The molecule has 0 amide bonds. The summed E-state index contributed by atoms with van der Waals surface area (Å²) in [7, 11) is 1.84. The van der Waals surface area contributed by atoms with Crippen molar-refractivity contribution >= 4 is 0 Å². The minimum Gasteiger partial charge on any atom is -0.377 e. The van der Waals surface area contributed by atoms with Crippen LogP contribution in [-0.2, 0) is 4.74 Å². The molecule has 1 aliphatic carbocycles. The predicted octanol–water partition coefficient (Wildman–Crippen LogP) is 3.63. The van der Waals surface area contributed by atoms with Gasteiger partial charge in [0.15, 0.2) is 0 Å². The van der Waals surface area contributed by atoms with Crippen molar-refractivity contribution in [1.29, 1.82) is 0 Å². The molecule has 1 aliphatic rings. The first-order valence-corrected chi connectivity index (χ1v) is 7.06. The number of rotatable bonds is 7. The molecule has 0 radical (unpaired) electrons. The van der Waals surface area contributed by atoms with Crippen molar-refractivity contribution in [2.75, 3.05) is 7.11 Å². The quantitative estimate of drug-likeness (QED) is 0.674. The highest BCUT2D eigenvalue weighted by atomic mass is 16.5. The topological polar surface area (TPSA) is 35.2 Å². The van der Waals surface area contributed by atoms with E-state index in [2.05, 4.69) is 6.92 Å². The zero-order valence-electron chi connectivity index (χ0n) is 11.1. The predicted molar refractivity (Wildman–Crippen MR) is 69.6 cm³/mol. The van der Waals surface area contributed by atoms with E-state index in [1.54, 1.807) is 0 Å². The van der Waals surface area contributed by atoms with Gasteiger partial charge in [0.1, 0.15) is 0 Å². The van der Waals surface area contributed by atoms with Crippen LogP contribution in [0.5, 0.6) is 0 Å².